The lowest BCUT2D eigenvalue weighted by atomic mass is 9.73. The molecule has 0 bridgehead atoms. The number of nitriles is 3. The van der Waals surface area contributed by atoms with Gasteiger partial charge in [0.15, 0.2) is 5.41 Å². The Morgan fingerprint density at radius 2 is 1.88 bits per heavy atom. The van der Waals surface area contributed by atoms with Gasteiger partial charge in [-0.1, -0.05) is 6.92 Å². The highest BCUT2D eigenvalue weighted by atomic mass is 16.6. The minimum absolute atomic E-state index is 0.472. The van der Waals surface area contributed by atoms with Gasteiger partial charge in [-0.05, 0) is 0 Å². The Hall–Kier alpha value is -2.46. The summed E-state index contributed by atoms with van der Waals surface area (Å²) in [5.74, 6) is -2.37. The Bertz CT molecular complexity index is 506. The molecule has 3 atom stereocenters. The van der Waals surface area contributed by atoms with Crippen molar-refractivity contribution < 1.29 is 4.92 Å². The molecule has 0 aromatic carbocycles. The molecule has 1 aliphatic carbocycles. The monoisotopic (exact) mass is 231 g/mol. The summed E-state index contributed by atoms with van der Waals surface area (Å²) < 4.78 is 0. The second kappa shape index (κ2) is 3.54. The zero-order valence-electron chi connectivity index (χ0n) is 9.26. The molecule has 0 saturated heterocycles. The highest BCUT2D eigenvalue weighted by Crippen LogP contribution is 2.51. The van der Waals surface area contributed by atoms with Crippen molar-refractivity contribution >= 4 is 5.71 Å². The predicted octanol–water partition coefficient (Wildman–Crippen LogP) is 0.865. The summed E-state index contributed by atoms with van der Waals surface area (Å²) in [5.41, 5.74) is -4.14. The van der Waals surface area contributed by atoms with Crippen LogP contribution in [0, 0.1) is 66.8 Å². The highest BCUT2D eigenvalue weighted by Gasteiger charge is 2.70. The van der Waals surface area contributed by atoms with E-state index in [-0.39, 0.29) is 0 Å². The number of hydrogen-bond acceptors (Lipinski definition) is 6. The van der Waals surface area contributed by atoms with E-state index in [0.29, 0.717) is 0 Å². The van der Waals surface area contributed by atoms with Crippen LogP contribution in [0.2, 0.25) is 0 Å². The lowest BCUT2D eigenvalue weighted by molar-refractivity contribution is -0.551. The maximum atomic E-state index is 11.1. The van der Waals surface area contributed by atoms with Gasteiger partial charge in [-0.15, -0.1) is 0 Å². The third-order valence-electron chi connectivity index (χ3n) is 3.69. The summed E-state index contributed by atoms with van der Waals surface area (Å²) in [7, 11) is 0. The van der Waals surface area contributed by atoms with Crippen LogP contribution in [-0.2, 0) is 0 Å². The van der Waals surface area contributed by atoms with E-state index in [1.54, 1.807) is 18.2 Å². The zero-order valence-corrected chi connectivity index (χ0v) is 9.26. The maximum absolute atomic E-state index is 11.1. The Balaban J connectivity index is 3.59. The van der Waals surface area contributed by atoms with E-state index in [9.17, 15) is 10.1 Å². The molecule has 1 saturated carbocycles. The molecule has 1 rings (SSSR count). The third kappa shape index (κ3) is 1.15. The first-order valence-corrected chi connectivity index (χ1v) is 4.78. The van der Waals surface area contributed by atoms with Gasteiger partial charge in [0.2, 0.25) is 0 Å². The quantitative estimate of drug-likeness (QED) is 0.526. The smallest absolute Gasteiger partial charge is 0.262 e. The van der Waals surface area contributed by atoms with E-state index in [1.165, 1.54) is 13.8 Å². The summed E-state index contributed by atoms with van der Waals surface area (Å²) in [4.78, 5) is 10.4. The molecule has 0 aromatic heterocycles. The van der Waals surface area contributed by atoms with Crippen LogP contribution in [0.5, 0.6) is 0 Å². The first-order chi connectivity index (χ1) is 7.82. The maximum Gasteiger partial charge on any atom is 0.262 e. The van der Waals surface area contributed by atoms with Crippen LogP contribution in [0.4, 0.5) is 0 Å². The van der Waals surface area contributed by atoms with Gasteiger partial charge in [0.1, 0.15) is 11.6 Å². The van der Waals surface area contributed by atoms with Crippen LogP contribution in [-0.4, -0.2) is 16.2 Å². The van der Waals surface area contributed by atoms with Crippen LogP contribution in [0.25, 0.3) is 0 Å². The SMILES string of the molecule is C[C@@H]1C(C#N)(C#N)C(C#N)C(=N)[C@]1(C)[N+](=O)[O-]. The van der Waals surface area contributed by atoms with Gasteiger partial charge in [-0.25, -0.2) is 0 Å². The number of rotatable bonds is 1. The second-order valence-corrected chi connectivity index (χ2v) is 4.19. The van der Waals surface area contributed by atoms with Gasteiger partial charge in [0.25, 0.3) is 5.54 Å². The number of hydrogen-bond donors (Lipinski definition) is 1. The number of nitrogens with zero attached hydrogens (tertiary/aromatic N) is 4. The molecule has 1 unspecified atom stereocenters. The van der Waals surface area contributed by atoms with Crippen molar-refractivity contribution in [2.75, 3.05) is 0 Å². The second-order valence-electron chi connectivity index (χ2n) is 4.19. The molecule has 86 valence electrons. The first kappa shape index (κ1) is 12.6. The summed E-state index contributed by atoms with van der Waals surface area (Å²) in [5, 5.41) is 45.9. The van der Waals surface area contributed by atoms with Crippen molar-refractivity contribution in [3.05, 3.63) is 10.1 Å². The average molecular weight is 231 g/mol. The molecule has 0 spiro atoms. The van der Waals surface area contributed by atoms with E-state index < -0.39 is 33.4 Å². The van der Waals surface area contributed by atoms with Crippen molar-refractivity contribution in [2.45, 2.75) is 19.4 Å². The molecule has 0 aliphatic heterocycles. The molecule has 7 heteroatoms. The lowest BCUT2D eigenvalue weighted by Crippen LogP contribution is -2.45. The largest absolute Gasteiger partial charge is 0.301 e. The first-order valence-electron chi connectivity index (χ1n) is 4.78. The molecule has 0 amide bonds. The van der Waals surface area contributed by atoms with E-state index in [4.69, 9.17) is 21.2 Å². The normalized spacial score (nSPS) is 34.4. The zero-order chi connectivity index (χ0) is 13.4. The fourth-order valence-corrected chi connectivity index (χ4v) is 2.22. The molecular weight excluding hydrogens is 222 g/mol. The molecule has 0 heterocycles. The van der Waals surface area contributed by atoms with E-state index >= 15 is 0 Å². The Morgan fingerprint density at radius 3 is 2.12 bits per heavy atom. The van der Waals surface area contributed by atoms with Crippen molar-refractivity contribution in [2.24, 2.45) is 17.3 Å². The minimum Gasteiger partial charge on any atom is -0.301 e. The average Bonchev–Trinajstić information content (AvgIpc) is 2.48. The molecule has 1 aliphatic rings. The summed E-state index contributed by atoms with van der Waals surface area (Å²) in [6, 6.07) is 5.05. The molecule has 1 fully saturated rings. The standard InChI is InChI=1S/C10H9N5O2/c1-6-9(2,15(16)17)8(14)7(3-11)10(6,4-12)5-13/h6-7,14H,1-2H3/t6-,7?,9+/m0/s1. The van der Waals surface area contributed by atoms with E-state index in [2.05, 4.69) is 0 Å². The Labute approximate surface area is 97.5 Å². The van der Waals surface area contributed by atoms with Gasteiger partial charge >= 0.3 is 0 Å². The fourth-order valence-electron chi connectivity index (χ4n) is 2.22. The topological polar surface area (TPSA) is 138 Å². The van der Waals surface area contributed by atoms with Gasteiger partial charge in [-0.3, -0.25) is 10.1 Å². The molecule has 0 radical (unpaired) electrons. The van der Waals surface area contributed by atoms with Crippen LogP contribution >= 0.6 is 0 Å². The van der Waals surface area contributed by atoms with Crippen molar-refractivity contribution in [1.29, 1.82) is 21.2 Å². The van der Waals surface area contributed by atoms with Gasteiger partial charge in [-0.2, -0.15) is 15.8 Å². The van der Waals surface area contributed by atoms with Crippen molar-refractivity contribution in [3.8, 4) is 18.2 Å². The summed E-state index contributed by atoms with van der Waals surface area (Å²) >= 11 is 0. The summed E-state index contributed by atoms with van der Waals surface area (Å²) in [6.07, 6.45) is 0. The lowest BCUT2D eigenvalue weighted by Gasteiger charge is -2.23. The van der Waals surface area contributed by atoms with Crippen LogP contribution in [0.15, 0.2) is 0 Å². The number of nitro groups is 1. The van der Waals surface area contributed by atoms with Gasteiger partial charge in [0, 0.05) is 11.8 Å². The van der Waals surface area contributed by atoms with Gasteiger partial charge in [0.05, 0.1) is 24.1 Å². The van der Waals surface area contributed by atoms with Gasteiger partial charge < -0.3 is 5.41 Å². The Morgan fingerprint density at radius 1 is 1.41 bits per heavy atom. The summed E-state index contributed by atoms with van der Waals surface area (Å²) in [6.45, 7) is 2.54. The van der Waals surface area contributed by atoms with Crippen molar-refractivity contribution in [3.63, 3.8) is 0 Å². The minimum atomic E-state index is -1.84. The van der Waals surface area contributed by atoms with Crippen molar-refractivity contribution in [1.82, 2.24) is 0 Å². The molecule has 17 heavy (non-hydrogen) atoms. The Kier molecular flexibility index (Phi) is 2.62. The van der Waals surface area contributed by atoms with Crippen LogP contribution in [0.1, 0.15) is 13.8 Å². The highest BCUT2D eigenvalue weighted by molar-refractivity contribution is 5.98. The molecule has 7 nitrogen and oxygen atoms in total. The van der Waals surface area contributed by atoms with Crippen LogP contribution < -0.4 is 0 Å². The van der Waals surface area contributed by atoms with E-state index in [0.717, 1.165) is 0 Å². The number of nitrogens with one attached hydrogen (secondary N) is 1. The molecule has 0 aromatic rings. The third-order valence-corrected chi connectivity index (χ3v) is 3.69. The fraction of sp³-hybridized carbons (Fsp3) is 0.600. The van der Waals surface area contributed by atoms with Crippen LogP contribution in [0.3, 0.4) is 0 Å². The molecule has 1 N–H and O–H groups in total. The molecular formula is C10H9N5O2. The predicted molar refractivity (Wildman–Crippen MR) is 55.1 cm³/mol. The van der Waals surface area contributed by atoms with E-state index in [1.807, 2.05) is 0 Å².